The Hall–Kier alpha value is -2.84. The fraction of sp³-hybridized carbons (Fsp3) is 0.375. The molecule has 0 radical (unpaired) electrons. The Morgan fingerprint density at radius 1 is 1.08 bits per heavy atom. The van der Waals surface area contributed by atoms with Gasteiger partial charge in [-0.25, -0.2) is 18.4 Å². The molecule has 2 amide bonds. The highest BCUT2D eigenvalue weighted by atomic mass is 19.2. The zero-order valence-corrected chi connectivity index (χ0v) is 13.6. The maximum absolute atomic E-state index is 13.3. The summed E-state index contributed by atoms with van der Waals surface area (Å²) in [5.41, 5.74) is 0.0923. The lowest BCUT2D eigenvalue weighted by Crippen LogP contribution is -2.52. The zero-order chi connectivity index (χ0) is 18.0. The normalized spacial score (nSPS) is 16.0. The molecule has 1 saturated heterocycles. The average molecular weight is 349 g/mol. The molecule has 3 rings (SSSR count). The van der Waals surface area contributed by atoms with Gasteiger partial charge in [0.2, 0.25) is 5.91 Å². The molecular weight excluding hydrogens is 332 g/mol. The van der Waals surface area contributed by atoms with E-state index < -0.39 is 17.7 Å². The third kappa shape index (κ3) is 3.49. The third-order valence-electron chi connectivity index (χ3n) is 4.24. The Kier molecular flexibility index (Phi) is 4.73. The van der Waals surface area contributed by atoms with Crippen molar-refractivity contribution in [3.8, 4) is 0 Å². The van der Waals surface area contributed by atoms with Crippen LogP contribution in [0.5, 0.6) is 0 Å². The molecule has 1 aliphatic rings. The molecule has 1 aromatic carbocycles. The summed E-state index contributed by atoms with van der Waals surface area (Å²) in [5, 5.41) is 3.96. The molecule has 7 nitrogen and oxygen atoms in total. The lowest BCUT2D eigenvalue weighted by molar-refractivity contribution is -0.136. The molecular formula is C16H17F2N5O2. The van der Waals surface area contributed by atoms with Crippen molar-refractivity contribution in [2.45, 2.75) is 13.0 Å². The van der Waals surface area contributed by atoms with Crippen LogP contribution in [0.15, 0.2) is 30.9 Å². The summed E-state index contributed by atoms with van der Waals surface area (Å²) >= 11 is 0. The molecule has 0 bridgehead atoms. The van der Waals surface area contributed by atoms with Crippen molar-refractivity contribution in [2.75, 3.05) is 26.2 Å². The second-order valence-electron chi connectivity index (χ2n) is 5.80. The number of benzene rings is 1. The fourth-order valence-electron chi connectivity index (χ4n) is 2.74. The van der Waals surface area contributed by atoms with Gasteiger partial charge in [0.05, 0.1) is 0 Å². The lowest BCUT2D eigenvalue weighted by Gasteiger charge is -2.36. The summed E-state index contributed by atoms with van der Waals surface area (Å²) in [7, 11) is 0. The van der Waals surface area contributed by atoms with Gasteiger partial charge >= 0.3 is 0 Å². The minimum absolute atomic E-state index is 0.0923. The van der Waals surface area contributed by atoms with Gasteiger partial charge < -0.3 is 9.80 Å². The van der Waals surface area contributed by atoms with Crippen LogP contribution in [0.4, 0.5) is 8.78 Å². The number of piperazine rings is 1. The van der Waals surface area contributed by atoms with Crippen molar-refractivity contribution in [3.05, 3.63) is 48.1 Å². The van der Waals surface area contributed by atoms with E-state index in [0.717, 1.165) is 12.1 Å². The summed E-state index contributed by atoms with van der Waals surface area (Å²) in [5.74, 6) is -2.53. The Morgan fingerprint density at radius 2 is 1.76 bits per heavy atom. The number of carbonyl (C=O) groups is 2. The molecule has 1 aromatic heterocycles. The summed E-state index contributed by atoms with van der Waals surface area (Å²) in [6, 6.07) is 2.60. The number of aromatic nitrogens is 3. The summed E-state index contributed by atoms with van der Waals surface area (Å²) in [6.45, 7) is 3.12. The number of amides is 2. The minimum atomic E-state index is -1.05. The topological polar surface area (TPSA) is 71.3 Å². The molecule has 1 unspecified atom stereocenters. The van der Waals surface area contributed by atoms with E-state index in [1.165, 1.54) is 28.3 Å². The van der Waals surface area contributed by atoms with Gasteiger partial charge in [-0.1, -0.05) is 0 Å². The second-order valence-corrected chi connectivity index (χ2v) is 5.80. The largest absolute Gasteiger partial charge is 0.337 e. The van der Waals surface area contributed by atoms with Gasteiger partial charge in [0, 0.05) is 31.7 Å². The van der Waals surface area contributed by atoms with Crippen LogP contribution in [0.3, 0.4) is 0 Å². The van der Waals surface area contributed by atoms with Gasteiger partial charge in [-0.3, -0.25) is 9.59 Å². The van der Waals surface area contributed by atoms with E-state index in [4.69, 9.17) is 0 Å². The number of rotatable bonds is 3. The predicted molar refractivity (Wildman–Crippen MR) is 83.6 cm³/mol. The highest BCUT2D eigenvalue weighted by Crippen LogP contribution is 2.15. The second kappa shape index (κ2) is 6.96. The number of carbonyl (C=O) groups excluding carboxylic acids is 2. The van der Waals surface area contributed by atoms with Crippen molar-refractivity contribution < 1.29 is 18.4 Å². The highest BCUT2D eigenvalue weighted by Gasteiger charge is 2.28. The molecule has 1 aliphatic heterocycles. The van der Waals surface area contributed by atoms with E-state index >= 15 is 0 Å². The molecule has 0 saturated carbocycles. The quantitative estimate of drug-likeness (QED) is 0.832. The zero-order valence-electron chi connectivity index (χ0n) is 13.6. The molecule has 2 aromatic rings. The van der Waals surface area contributed by atoms with E-state index in [1.807, 2.05) is 0 Å². The summed E-state index contributed by atoms with van der Waals surface area (Å²) < 4.78 is 27.7. The van der Waals surface area contributed by atoms with Gasteiger partial charge in [0.15, 0.2) is 11.6 Å². The molecule has 9 heteroatoms. The molecule has 0 N–H and O–H groups in total. The monoisotopic (exact) mass is 349 g/mol. The Balaban J connectivity index is 1.60. The van der Waals surface area contributed by atoms with Crippen molar-refractivity contribution in [1.82, 2.24) is 24.6 Å². The minimum Gasteiger partial charge on any atom is -0.337 e. The number of hydrogen-bond acceptors (Lipinski definition) is 4. The van der Waals surface area contributed by atoms with Crippen LogP contribution in [0.25, 0.3) is 0 Å². The lowest BCUT2D eigenvalue weighted by atomic mass is 10.1. The van der Waals surface area contributed by atoms with Gasteiger partial charge in [-0.05, 0) is 25.1 Å². The molecule has 1 fully saturated rings. The third-order valence-corrected chi connectivity index (χ3v) is 4.24. The van der Waals surface area contributed by atoms with Crippen LogP contribution in [0, 0.1) is 11.6 Å². The van der Waals surface area contributed by atoms with E-state index in [9.17, 15) is 18.4 Å². The van der Waals surface area contributed by atoms with Crippen LogP contribution >= 0.6 is 0 Å². The maximum atomic E-state index is 13.3. The van der Waals surface area contributed by atoms with E-state index in [0.29, 0.717) is 26.2 Å². The van der Waals surface area contributed by atoms with Crippen LogP contribution in [-0.4, -0.2) is 62.6 Å². The average Bonchev–Trinajstić information content (AvgIpc) is 3.17. The Labute approximate surface area is 142 Å². The predicted octanol–water partition coefficient (Wildman–Crippen LogP) is 1.10. The highest BCUT2D eigenvalue weighted by molar-refractivity contribution is 5.94. The Bertz CT molecular complexity index is 773. The Morgan fingerprint density at radius 3 is 2.36 bits per heavy atom. The molecule has 2 heterocycles. The molecule has 0 aliphatic carbocycles. The van der Waals surface area contributed by atoms with Crippen LogP contribution in [0.1, 0.15) is 23.3 Å². The van der Waals surface area contributed by atoms with Crippen LogP contribution < -0.4 is 0 Å². The first-order chi connectivity index (χ1) is 12.0. The summed E-state index contributed by atoms with van der Waals surface area (Å²) in [6.07, 6.45) is 2.84. The van der Waals surface area contributed by atoms with Crippen molar-refractivity contribution in [2.24, 2.45) is 0 Å². The van der Waals surface area contributed by atoms with Crippen LogP contribution in [-0.2, 0) is 4.79 Å². The van der Waals surface area contributed by atoms with Crippen LogP contribution in [0.2, 0.25) is 0 Å². The number of halogens is 2. The first kappa shape index (κ1) is 17.0. The fourth-order valence-corrected chi connectivity index (χ4v) is 2.74. The maximum Gasteiger partial charge on any atom is 0.254 e. The molecule has 25 heavy (non-hydrogen) atoms. The first-order valence-corrected chi connectivity index (χ1v) is 7.84. The molecule has 0 spiro atoms. The SMILES string of the molecule is CC(C(=O)N1CCN(C(=O)c2ccc(F)c(F)c2)CC1)n1cncn1. The smallest absolute Gasteiger partial charge is 0.254 e. The van der Waals surface area contributed by atoms with E-state index in [1.54, 1.807) is 11.8 Å². The van der Waals surface area contributed by atoms with Crippen molar-refractivity contribution in [3.63, 3.8) is 0 Å². The number of hydrogen-bond donors (Lipinski definition) is 0. The van der Waals surface area contributed by atoms with Gasteiger partial charge in [0.25, 0.3) is 5.91 Å². The first-order valence-electron chi connectivity index (χ1n) is 7.84. The van der Waals surface area contributed by atoms with Gasteiger partial charge in [-0.15, -0.1) is 0 Å². The van der Waals surface area contributed by atoms with Crippen molar-refractivity contribution in [1.29, 1.82) is 0 Å². The number of nitrogens with zero attached hydrogens (tertiary/aromatic N) is 5. The van der Waals surface area contributed by atoms with E-state index in [2.05, 4.69) is 10.1 Å². The van der Waals surface area contributed by atoms with E-state index in [-0.39, 0.29) is 17.4 Å². The summed E-state index contributed by atoms with van der Waals surface area (Å²) in [4.78, 5) is 31.8. The van der Waals surface area contributed by atoms with Gasteiger partial charge in [0.1, 0.15) is 18.7 Å². The standard InChI is InChI=1S/C16H17F2N5O2/c1-11(23-10-19-9-20-23)15(24)21-4-6-22(7-5-21)16(25)12-2-3-13(17)14(18)8-12/h2-3,8-11H,4-7H2,1H3. The molecule has 132 valence electrons. The van der Waals surface area contributed by atoms with Crippen molar-refractivity contribution >= 4 is 11.8 Å². The molecule has 1 atom stereocenters. The van der Waals surface area contributed by atoms with Gasteiger partial charge in [-0.2, -0.15) is 5.10 Å².